The van der Waals surface area contributed by atoms with Gasteiger partial charge in [-0.2, -0.15) is 5.10 Å². The van der Waals surface area contributed by atoms with Crippen molar-refractivity contribution in [1.82, 2.24) is 9.78 Å². The van der Waals surface area contributed by atoms with Gasteiger partial charge in [-0.1, -0.05) is 0 Å². The highest BCUT2D eigenvalue weighted by Crippen LogP contribution is 2.29. The van der Waals surface area contributed by atoms with Crippen LogP contribution in [0, 0.1) is 0 Å². The summed E-state index contributed by atoms with van der Waals surface area (Å²) in [7, 11) is 1.62. The molecule has 2 heterocycles. The predicted octanol–water partition coefficient (Wildman–Crippen LogP) is 1.98. The number of benzene rings is 1. The Morgan fingerprint density at radius 3 is 2.89 bits per heavy atom. The van der Waals surface area contributed by atoms with E-state index in [1.165, 1.54) is 0 Å². The average Bonchev–Trinajstić information content (AvgIpc) is 2.81. The maximum atomic E-state index is 5.90. The van der Waals surface area contributed by atoms with Gasteiger partial charge in [-0.15, -0.1) is 0 Å². The number of hydrogen-bond donors (Lipinski definition) is 1. The molecule has 1 aromatic carbocycles. The van der Waals surface area contributed by atoms with Crippen LogP contribution in [0.4, 0.5) is 5.69 Å². The van der Waals surface area contributed by atoms with Crippen molar-refractivity contribution < 1.29 is 9.47 Å². The second-order valence-corrected chi connectivity index (χ2v) is 4.61. The van der Waals surface area contributed by atoms with Crippen LogP contribution in [-0.4, -0.2) is 30.1 Å². The van der Waals surface area contributed by atoms with Gasteiger partial charge in [0.2, 0.25) is 0 Å². The smallest absolute Gasteiger partial charge is 0.144 e. The molecular formula is C13H17N3O2. The van der Waals surface area contributed by atoms with Gasteiger partial charge in [0.1, 0.15) is 5.75 Å². The van der Waals surface area contributed by atoms with E-state index in [9.17, 15) is 0 Å². The van der Waals surface area contributed by atoms with E-state index in [0.29, 0.717) is 17.5 Å². The highest BCUT2D eigenvalue weighted by atomic mass is 16.5. The molecule has 1 aliphatic rings. The third-order valence-corrected chi connectivity index (χ3v) is 3.44. The molecule has 0 radical (unpaired) electrons. The number of nitrogens with zero attached hydrogens (tertiary/aromatic N) is 2. The van der Waals surface area contributed by atoms with Crippen LogP contribution in [0.5, 0.6) is 5.75 Å². The molecule has 1 saturated heterocycles. The van der Waals surface area contributed by atoms with Gasteiger partial charge in [0.25, 0.3) is 0 Å². The van der Waals surface area contributed by atoms with E-state index >= 15 is 0 Å². The van der Waals surface area contributed by atoms with Crippen molar-refractivity contribution in [2.24, 2.45) is 0 Å². The van der Waals surface area contributed by atoms with E-state index in [4.69, 9.17) is 15.2 Å². The first-order valence-electron chi connectivity index (χ1n) is 6.18. The summed E-state index contributed by atoms with van der Waals surface area (Å²) in [5.41, 5.74) is 7.48. The minimum absolute atomic E-state index is 0.429. The number of nitrogens with two attached hydrogens (primary N) is 1. The van der Waals surface area contributed by atoms with E-state index in [0.717, 1.165) is 37.0 Å². The van der Waals surface area contributed by atoms with Crippen molar-refractivity contribution in [3.8, 4) is 5.75 Å². The third-order valence-electron chi connectivity index (χ3n) is 3.44. The second kappa shape index (κ2) is 4.49. The number of fused-ring (bicyclic) bond motifs is 1. The van der Waals surface area contributed by atoms with Crippen LogP contribution >= 0.6 is 0 Å². The first-order valence-corrected chi connectivity index (χ1v) is 6.18. The Morgan fingerprint density at radius 1 is 1.39 bits per heavy atom. The SMILES string of the molecule is COc1cc2nn(C3CCOCC3)cc2cc1N. The molecule has 1 aromatic heterocycles. The lowest BCUT2D eigenvalue weighted by Crippen LogP contribution is -2.19. The normalized spacial score (nSPS) is 17.2. The summed E-state index contributed by atoms with van der Waals surface area (Å²) in [5, 5.41) is 5.67. The molecule has 18 heavy (non-hydrogen) atoms. The zero-order valence-electron chi connectivity index (χ0n) is 10.4. The first-order chi connectivity index (χ1) is 8.78. The van der Waals surface area contributed by atoms with Gasteiger partial charge >= 0.3 is 0 Å². The summed E-state index contributed by atoms with van der Waals surface area (Å²) in [4.78, 5) is 0. The molecule has 0 aliphatic carbocycles. The molecule has 5 nitrogen and oxygen atoms in total. The Morgan fingerprint density at radius 2 is 2.17 bits per heavy atom. The molecule has 0 amide bonds. The average molecular weight is 247 g/mol. The lowest BCUT2D eigenvalue weighted by molar-refractivity contribution is 0.0664. The lowest BCUT2D eigenvalue weighted by atomic mass is 10.1. The van der Waals surface area contributed by atoms with Crippen molar-refractivity contribution >= 4 is 16.6 Å². The standard InChI is InChI=1S/C13H17N3O2/c1-17-13-7-12-9(6-11(13)14)8-16(15-12)10-2-4-18-5-3-10/h6-8,10H,2-5,14H2,1H3. The Balaban J connectivity index is 1.99. The Hall–Kier alpha value is -1.75. The minimum Gasteiger partial charge on any atom is -0.495 e. The predicted molar refractivity (Wildman–Crippen MR) is 69.8 cm³/mol. The minimum atomic E-state index is 0.429. The van der Waals surface area contributed by atoms with Gasteiger partial charge < -0.3 is 15.2 Å². The van der Waals surface area contributed by atoms with Crippen molar-refractivity contribution in [1.29, 1.82) is 0 Å². The number of methoxy groups -OCH3 is 1. The van der Waals surface area contributed by atoms with Gasteiger partial charge in [-0.05, 0) is 18.9 Å². The monoisotopic (exact) mass is 247 g/mol. The molecule has 5 heteroatoms. The highest BCUT2D eigenvalue weighted by Gasteiger charge is 2.17. The topological polar surface area (TPSA) is 62.3 Å². The fourth-order valence-corrected chi connectivity index (χ4v) is 2.40. The van der Waals surface area contributed by atoms with Gasteiger partial charge in [0.05, 0.1) is 24.4 Å². The number of ether oxygens (including phenoxy) is 2. The zero-order valence-corrected chi connectivity index (χ0v) is 10.4. The highest BCUT2D eigenvalue weighted by molar-refractivity contribution is 5.84. The summed E-state index contributed by atoms with van der Waals surface area (Å²) < 4.78 is 12.6. The van der Waals surface area contributed by atoms with E-state index in [-0.39, 0.29) is 0 Å². The summed E-state index contributed by atoms with van der Waals surface area (Å²) in [5.74, 6) is 0.680. The van der Waals surface area contributed by atoms with Crippen LogP contribution in [0.25, 0.3) is 10.9 Å². The van der Waals surface area contributed by atoms with E-state index in [1.54, 1.807) is 7.11 Å². The molecule has 1 fully saturated rings. The van der Waals surface area contributed by atoms with E-state index < -0.39 is 0 Å². The van der Waals surface area contributed by atoms with Crippen molar-refractivity contribution in [3.05, 3.63) is 18.3 Å². The van der Waals surface area contributed by atoms with Crippen LogP contribution in [-0.2, 0) is 4.74 Å². The Labute approximate surface area is 105 Å². The molecule has 3 rings (SSSR count). The van der Waals surface area contributed by atoms with Crippen LogP contribution in [0.1, 0.15) is 18.9 Å². The van der Waals surface area contributed by atoms with Crippen molar-refractivity contribution in [2.45, 2.75) is 18.9 Å². The van der Waals surface area contributed by atoms with Gasteiger partial charge in [-0.3, -0.25) is 4.68 Å². The van der Waals surface area contributed by atoms with Crippen LogP contribution in [0.15, 0.2) is 18.3 Å². The summed E-state index contributed by atoms with van der Waals surface area (Å²) in [6.07, 6.45) is 4.09. The maximum absolute atomic E-state index is 5.90. The fraction of sp³-hybridized carbons (Fsp3) is 0.462. The summed E-state index contributed by atoms with van der Waals surface area (Å²) >= 11 is 0. The number of rotatable bonds is 2. The quantitative estimate of drug-likeness (QED) is 0.824. The molecule has 0 spiro atoms. The second-order valence-electron chi connectivity index (χ2n) is 4.61. The first kappa shape index (κ1) is 11.3. The number of anilines is 1. The van der Waals surface area contributed by atoms with Crippen LogP contribution < -0.4 is 10.5 Å². The molecule has 96 valence electrons. The van der Waals surface area contributed by atoms with Gasteiger partial charge in [0, 0.05) is 30.9 Å². The molecule has 0 atom stereocenters. The molecule has 0 bridgehead atoms. The van der Waals surface area contributed by atoms with E-state index in [2.05, 4.69) is 11.3 Å². The molecule has 2 N–H and O–H groups in total. The molecule has 1 aliphatic heterocycles. The summed E-state index contributed by atoms with van der Waals surface area (Å²) in [6.45, 7) is 1.62. The number of hydrogen-bond acceptors (Lipinski definition) is 4. The maximum Gasteiger partial charge on any atom is 0.144 e. The van der Waals surface area contributed by atoms with E-state index in [1.807, 2.05) is 16.8 Å². The summed E-state index contributed by atoms with van der Waals surface area (Å²) in [6, 6.07) is 4.23. The molecular weight excluding hydrogens is 230 g/mol. The van der Waals surface area contributed by atoms with Crippen molar-refractivity contribution in [3.63, 3.8) is 0 Å². The van der Waals surface area contributed by atoms with Crippen LogP contribution in [0.2, 0.25) is 0 Å². The largest absolute Gasteiger partial charge is 0.495 e. The molecule has 2 aromatic rings. The Bertz CT molecular complexity index is 559. The van der Waals surface area contributed by atoms with Crippen molar-refractivity contribution in [2.75, 3.05) is 26.1 Å². The number of aromatic nitrogens is 2. The fourth-order valence-electron chi connectivity index (χ4n) is 2.40. The number of nitrogen functional groups attached to an aromatic ring is 1. The molecule has 0 unspecified atom stereocenters. The Kier molecular flexibility index (Phi) is 2.83. The van der Waals surface area contributed by atoms with Gasteiger partial charge in [0.15, 0.2) is 0 Å². The van der Waals surface area contributed by atoms with Crippen LogP contribution in [0.3, 0.4) is 0 Å². The molecule has 0 saturated carbocycles. The zero-order chi connectivity index (χ0) is 12.5. The van der Waals surface area contributed by atoms with Gasteiger partial charge in [-0.25, -0.2) is 0 Å². The lowest BCUT2D eigenvalue weighted by Gasteiger charge is -2.22. The third kappa shape index (κ3) is 1.90.